The van der Waals surface area contributed by atoms with Crippen LogP contribution < -0.4 is 0 Å². The first-order valence-electron chi connectivity index (χ1n) is 6.06. The monoisotopic (exact) mass is 322 g/mol. The van der Waals surface area contributed by atoms with Gasteiger partial charge in [-0.3, -0.25) is 0 Å². The molecule has 21 heavy (non-hydrogen) atoms. The second kappa shape index (κ2) is 5.58. The van der Waals surface area contributed by atoms with Crippen molar-refractivity contribution in [2.24, 2.45) is 0 Å². The fourth-order valence-corrected chi connectivity index (χ4v) is 2.89. The van der Waals surface area contributed by atoms with Gasteiger partial charge in [0.05, 0.1) is 0 Å². The summed E-state index contributed by atoms with van der Waals surface area (Å²) in [7, 11) is 0. The average molecular weight is 323 g/mol. The minimum Gasteiger partial charge on any atom is -0.225 e. The van der Waals surface area contributed by atoms with Crippen molar-refractivity contribution < 1.29 is 8.78 Å². The van der Waals surface area contributed by atoms with Gasteiger partial charge in [-0.05, 0) is 18.4 Å². The Labute approximate surface area is 129 Å². The van der Waals surface area contributed by atoms with E-state index in [1.165, 1.54) is 11.8 Å². The molecule has 6 heteroatoms. The summed E-state index contributed by atoms with van der Waals surface area (Å²) in [6, 6.07) is 9.42. The molecule has 1 aromatic heterocycles. The highest BCUT2D eigenvalue weighted by atomic mass is 35.5. The molecule has 0 bridgehead atoms. The first kappa shape index (κ1) is 14.2. The molecule has 0 saturated carbocycles. The second-order valence-corrected chi connectivity index (χ2v) is 5.53. The van der Waals surface area contributed by atoms with Gasteiger partial charge in [0.2, 0.25) is 0 Å². The van der Waals surface area contributed by atoms with Gasteiger partial charge in [-0.15, -0.1) is 11.8 Å². The molecule has 0 radical (unpaired) electrons. The van der Waals surface area contributed by atoms with Crippen LogP contribution in [0.3, 0.4) is 0 Å². The number of halogens is 3. The van der Waals surface area contributed by atoms with E-state index < -0.39 is 11.6 Å². The predicted molar refractivity (Wildman–Crippen MR) is 81.7 cm³/mol. The Balaban J connectivity index is 2.30. The molecule has 0 aliphatic carbocycles. The van der Waals surface area contributed by atoms with E-state index >= 15 is 0 Å². The Morgan fingerprint density at radius 1 is 1.10 bits per heavy atom. The summed E-state index contributed by atoms with van der Waals surface area (Å²) in [6.45, 7) is 0. The van der Waals surface area contributed by atoms with Crippen molar-refractivity contribution >= 4 is 34.3 Å². The molecule has 0 unspecified atom stereocenters. The average Bonchev–Trinajstić information content (AvgIpc) is 2.48. The number of fused-ring (bicyclic) bond motifs is 1. The van der Waals surface area contributed by atoms with E-state index in [2.05, 4.69) is 9.97 Å². The maximum atomic E-state index is 13.9. The smallest absolute Gasteiger partial charge is 0.162 e. The lowest BCUT2D eigenvalue weighted by Gasteiger charge is -2.08. The lowest BCUT2D eigenvalue weighted by atomic mass is 10.2. The molecule has 0 aliphatic rings. The Hall–Kier alpha value is -1.72. The Bertz CT molecular complexity index is 839. The number of hydrogen-bond donors (Lipinski definition) is 0. The zero-order valence-electron chi connectivity index (χ0n) is 10.9. The molecule has 3 rings (SSSR count). The van der Waals surface area contributed by atoms with Crippen LogP contribution in [0.15, 0.2) is 41.3 Å². The van der Waals surface area contributed by atoms with Crippen LogP contribution in [0.2, 0.25) is 5.15 Å². The number of hydrogen-bond acceptors (Lipinski definition) is 3. The summed E-state index contributed by atoms with van der Waals surface area (Å²) < 4.78 is 27.2. The van der Waals surface area contributed by atoms with E-state index in [4.69, 9.17) is 11.6 Å². The summed E-state index contributed by atoms with van der Waals surface area (Å²) in [5.74, 6) is -1.14. The van der Waals surface area contributed by atoms with Crippen molar-refractivity contribution in [3.05, 3.63) is 53.2 Å². The topological polar surface area (TPSA) is 25.8 Å². The molecule has 0 N–H and O–H groups in total. The van der Waals surface area contributed by atoms with Gasteiger partial charge < -0.3 is 0 Å². The van der Waals surface area contributed by atoms with Gasteiger partial charge in [-0.1, -0.05) is 29.8 Å². The lowest BCUT2D eigenvalue weighted by molar-refractivity contribution is 0.590. The molecule has 0 amide bonds. The quantitative estimate of drug-likeness (QED) is 0.493. The number of rotatable bonds is 2. The summed E-state index contributed by atoms with van der Waals surface area (Å²) in [6.07, 6.45) is 1.93. The lowest BCUT2D eigenvalue weighted by Crippen LogP contribution is -1.96. The zero-order valence-corrected chi connectivity index (χ0v) is 12.5. The third-order valence-electron chi connectivity index (χ3n) is 3.02. The first-order chi connectivity index (χ1) is 10.1. The Kier molecular flexibility index (Phi) is 3.78. The Morgan fingerprint density at radius 3 is 2.62 bits per heavy atom. The molecule has 0 aliphatic heterocycles. The highest BCUT2D eigenvalue weighted by molar-refractivity contribution is 7.98. The molecular formula is C15H9ClF2N2S. The maximum absolute atomic E-state index is 13.9. The SMILES string of the molecule is CSc1ccccc1-c1nc(Cl)c2cc(F)cc(F)c2n1. The normalized spacial score (nSPS) is 11.0. The zero-order chi connectivity index (χ0) is 15.0. The highest BCUT2D eigenvalue weighted by Crippen LogP contribution is 2.31. The summed E-state index contributed by atoms with van der Waals surface area (Å²) in [5, 5.41) is 0.198. The molecule has 2 aromatic carbocycles. The first-order valence-corrected chi connectivity index (χ1v) is 7.66. The second-order valence-electron chi connectivity index (χ2n) is 4.32. The van der Waals surface area contributed by atoms with Crippen molar-refractivity contribution in [1.82, 2.24) is 9.97 Å². The van der Waals surface area contributed by atoms with Crippen LogP contribution in [-0.4, -0.2) is 16.2 Å². The van der Waals surface area contributed by atoms with Gasteiger partial charge in [-0.25, -0.2) is 18.7 Å². The van der Waals surface area contributed by atoms with E-state index in [0.29, 0.717) is 5.82 Å². The van der Waals surface area contributed by atoms with E-state index in [1.54, 1.807) is 0 Å². The van der Waals surface area contributed by atoms with Crippen LogP contribution in [0.25, 0.3) is 22.3 Å². The van der Waals surface area contributed by atoms with Gasteiger partial charge >= 0.3 is 0 Å². The van der Waals surface area contributed by atoms with Crippen LogP contribution in [0.4, 0.5) is 8.78 Å². The summed E-state index contributed by atoms with van der Waals surface area (Å²) in [5.41, 5.74) is 0.778. The highest BCUT2D eigenvalue weighted by Gasteiger charge is 2.14. The minimum absolute atomic E-state index is 0.0160. The number of aromatic nitrogens is 2. The largest absolute Gasteiger partial charge is 0.225 e. The van der Waals surface area contributed by atoms with Crippen LogP contribution >= 0.6 is 23.4 Å². The van der Waals surface area contributed by atoms with Gasteiger partial charge in [-0.2, -0.15) is 0 Å². The maximum Gasteiger partial charge on any atom is 0.162 e. The van der Waals surface area contributed by atoms with Gasteiger partial charge in [0.1, 0.15) is 16.5 Å². The van der Waals surface area contributed by atoms with Crippen LogP contribution in [-0.2, 0) is 0 Å². The number of nitrogens with zero attached hydrogens (tertiary/aromatic N) is 2. The van der Waals surface area contributed by atoms with Crippen molar-refractivity contribution in [3.63, 3.8) is 0 Å². The van der Waals surface area contributed by atoms with E-state index in [-0.39, 0.29) is 16.1 Å². The standard InChI is InChI=1S/C15H9ClF2N2S/c1-21-12-5-3-2-4-9(12)15-19-13-10(14(16)20-15)6-8(17)7-11(13)18/h2-7H,1H3. The van der Waals surface area contributed by atoms with E-state index in [9.17, 15) is 8.78 Å². The summed E-state index contributed by atoms with van der Waals surface area (Å²) in [4.78, 5) is 9.33. The molecule has 0 fully saturated rings. The van der Waals surface area contributed by atoms with Crippen LogP contribution in [0, 0.1) is 11.6 Å². The fourth-order valence-electron chi connectivity index (χ4n) is 2.07. The minimum atomic E-state index is -0.753. The van der Waals surface area contributed by atoms with E-state index in [1.807, 2.05) is 30.5 Å². The molecule has 0 spiro atoms. The molecule has 106 valence electrons. The molecular weight excluding hydrogens is 314 g/mol. The molecule has 0 saturated heterocycles. The fraction of sp³-hybridized carbons (Fsp3) is 0.0667. The number of thioether (sulfide) groups is 1. The van der Waals surface area contributed by atoms with E-state index in [0.717, 1.165) is 22.6 Å². The molecule has 1 heterocycles. The number of benzene rings is 2. The van der Waals surface area contributed by atoms with Crippen molar-refractivity contribution in [3.8, 4) is 11.4 Å². The molecule has 0 atom stereocenters. The molecule has 3 aromatic rings. The van der Waals surface area contributed by atoms with Gasteiger partial charge in [0.25, 0.3) is 0 Å². The van der Waals surface area contributed by atoms with Crippen LogP contribution in [0.5, 0.6) is 0 Å². The van der Waals surface area contributed by atoms with Crippen LogP contribution in [0.1, 0.15) is 0 Å². The van der Waals surface area contributed by atoms with Crippen molar-refractivity contribution in [2.45, 2.75) is 4.90 Å². The van der Waals surface area contributed by atoms with Gasteiger partial charge in [0, 0.05) is 21.9 Å². The Morgan fingerprint density at radius 2 is 1.86 bits per heavy atom. The predicted octanol–water partition coefficient (Wildman–Crippen LogP) is 4.95. The third kappa shape index (κ3) is 2.59. The van der Waals surface area contributed by atoms with Gasteiger partial charge in [0.15, 0.2) is 11.6 Å². The summed E-state index contributed by atoms with van der Waals surface area (Å²) >= 11 is 7.59. The van der Waals surface area contributed by atoms with Crippen molar-refractivity contribution in [1.29, 1.82) is 0 Å². The van der Waals surface area contributed by atoms with Crippen molar-refractivity contribution in [2.75, 3.05) is 6.26 Å². The third-order valence-corrected chi connectivity index (χ3v) is 4.10. The molecule has 2 nitrogen and oxygen atoms in total.